The van der Waals surface area contributed by atoms with Crippen LogP contribution in [0.25, 0.3) is 0 Å². The molecule has 0 saturated carbocycles. The fourth-order valence-corrected chi connectivity index (χ4v) is 3.86. The van der Waals surface area contributed by atoms with Gasteiger partial charge in [0.05, 0.1) is 30.2 Å². The van der Waals surface area contributed by atoms with E-state index in [0.717, 1.165) is 25.3 Å². The van der Waals surface area contributed by atoms with Crippen LogP contribution in [0, 0.1) is 0 Å². The Hall–Kier alpha value is -1.44. The van der Waals surface area contributed by atoms with Crippen LogP contribution >= 0.6 is 7.60 Å². The lowest BCUT2D eigenvalue weighted by molar-refractivity contribution is -0.136. The monoisotopic (exact) mass is 411 g/mol. The molecule has 0 fully saturated rings. The van der Waals surface area contributed by atoms with E-state index in [2.05, 4.69) is 10.6 Å². The summed E-state index contributed by atoms with van der Waals surface area (Å²) >= 11 is 0. The van der Waals surface area contributed by atoms with E-state index in [1.165, 1.54) is 6.07 Å². The summed E-state index contributed by atoms with van der Waals surface area (Å²) in [6, 6.07) is 2.16. The summed E-state index contributed by atoms with van der Waals surface area (Å²) in [4.78, 5) is 0. The molecular weight excluding hydrogens is 382 g/mol. The van der Waals surface area contributed by atoms with E-state index in [4.69, 9.17) is 14.8 Å². The molecule has 0 aliphatic carbocycles. The summed E-state index contributed by atoms with van der Waals surface area (Å²) in [6.07, 6.45) is -2.09. The van der Waals surface area contributed by atoms with Crippen molar-refractivity contribution in [3.63, 3.8) is 0 Å². The van der Waals surface area contributed by atoms with Crippen LogP contribution < -0.4 is 16.4 Å². The molecule has 0 amide bonds. The van der Waals surface area contributed by atoms with Crippen LogP contribution in [0.1, 0.15) is 45.6 Å². The molecule has 1 aromatic rings. The fraction of sp³-hybridized carbons (Fsp3) is 0.647. The van der Waals surface area contributed by atoms with Gasteiger partial charge in [0.25, 0.3) is 0 Å². The predicted molar refractivity (Wildman–Crippen MR) is 103 cm³/mol. The zero-order valence-electron chi connectivity index (χ0n) is 16.0. The Morgan fingerprint density at radius 2 is 1.67 bits per heavy atom. The number of nitrogen functional groups attached to an aromatic ring is 1. The fourth-order valence-electron chi connectivity index (χ4n) is 2.45. The minimum atomic E-state index is -4.54. The van der Waals surface area contributed by atoms with Gasteiger partial charge in [0, 0.05) is 12.2 Å². The molecule has 4 N–H and O–H groups in total. The van der Waals surface area contributed by atoms with Crippen molar-refractivity contribution in [1.82, 2.24) is 0 Å². The van der Waals surface area contributed by atoms with Gasteiger partial charge in [-0.15, -0.1) is 0 Å². The average molecular weight is 411 g/mol. The highest BCUT2D eigenvalue weighted by Crippen LogP contribution is 2.48. The second-order valence-electron chi connectivity index (χ2n) is 5.90. The molecule has 0 bridgehead atoms. The Bertz CT molecular complexity index is 632. The Morgan fingerprint density at radius 1 is 1.04 bits per heavy atom. The smallest absolute Gasteiger partial charge is 0.397 e. The largest absolute Gasteiger partial charge is 0.418 e. The van der Waals surface area contributed by atoms with E-state index in [1.807, 2.05) is 6.92 Å². The van der Waals surface area contributed by atoms with Crippen LogP contribution in [0.4, 0.5) is 30.2 Å². The Kier molecular flexibility index (Phi) is 9.42. The molecule has 0 spiro atoms. The summed E-state index contributed by atoms with van der Waals surface area (Å²) in [5.41, 5.74) is 5.01. The highest BCUT2D eigenvalue weighted by molar-refractivity contribution is 7.53. The van der Waals surface area contributed by atoms with E-state index in [0.29, 0.717) is 6.54 Å². The molecular formula is C17H29F3N3O3P. The zero-order chi connectivity index (χ0) is 20.5. The van der Waals surface area contributed by atoms with E-state index < -0.39 is 19.3 Å². The maximum absolute atomic E-state index is 13.3. The quantitative estimate of drug-likeness (QED) is 0.238. The third-order valence-electron chi connectivity index (χ3n) is 3.71. The maximum atomic E-state index is 13.3. The number of hydrogen-bond donors (Lipinski definition) is 3. The number of rotatable bonds is 12. The first-order valence-corrected chi connectivity index (χ1v) is 10.8. The third-order valence-corrected chi connectivity index (χ3v) is 5.55. The lowest BCUT2D eigenvalue weighted by Crippen LogP contribution is -2.15. The second-order valence-corrected chi connectivity index (χ2v) is 7.95. The van der Waals surface area contributed by atoms with Gasteiger partial charge in [-0.25, -0.2) is 0 Å². The first-order chi connectivity index (χ1) is 12.7. The van der Waals surface area contributed by atoms with Gasteiger partial charge in [0.15, 0.2) is 0 Å². The van der Waals surface area contributed by atoms with E-state index in [9.17, 15) is 17.7 Å². The zero-order valence-corrected chi connectivity index (χ0v) is 16.9. The topological polar surface area (TPSA) is 85.6 Å². The minimum absolute atomic E-state index is 0.0713. The summed E-state index contributed by atoms with van der Waals surface area (Å²) in [6.45, 7) is 6.16. The van der Waals surface area contributed by atoms with E-state index >= 15 is 0 Å². The standard InChI is InChI=1S/C17H29F3N3O3P/c1-4-7-8-9-22-15-11-16(14(21)10-13(15)17(18,19)20)23-12-27(24,25-5-2)26-6-3/h10-11,22-23H,4-9,12,21H2,1-3H3. The SMILES string of the molecule is CCCCCNc1cc(NCP(=O)(OCC)OCC)c(N)cc1C(F)(F)F. The van der Waals surface area contributed by atoms with Crippen molar-refractivity contribution < 1.29 is 26.8 Å². The number of halogens is 3. The summed E-state index contributed by atoms with van der Waals surface area (Å²) in [5.74, 6) is 0. The summed E-state index contributed by atoms with van der Waals surface area (Å²) < 4.78 is 62.8. The van der Waals surface area contributed by atoms with Crippen LogP contribution in [0.5, 0.6) is 0 Å². The number of alkyl halides is 3. The van der Waals surface area contributed by atoms with Gasteiger partial charge in [0.1, 0.15) is 6.29 Å². The number of benzene rings is 1. The normalized spacial score (nSPS) is 12.2. The second kappa shape index (κ2) is 10.8. The van der Waals surface area contributed by atoms with Gasteiger partial charge in [-0.2, -0.15) is 13.2 Å². The van der Waals surface area contributed by atoms with Crippen LogP contribution in [0.15, 0.2) is 12.1 Å². The molecule has 27 heavy (non-hydrogen) atoms. The van der Waals surface area contributed by atoms with Gasteiger partial charge < -0.3 is 25.4 Å². The lowest BCUT2D eigenvalue weighted by Gasteiger charge is -2.21. The first kappa shape index (κ1) is 23.6. The van der Waals surface area contributed by atoms with Gasteiger partial charge in [0.2, 0.25) is 0 Å². The number of hydrogen-bond acceptors (Lipinski definition) is 6. The molecule has 156 valence electrons. The van der Waals surface area contributed by atoms with Gasteiger partial charge in [-0.1, -0.05) is 19.8 Å². The maximum Gasteiger partial charge on any atom is 0.418 e. The summed E-state index contributed by atoms with van der Waals surface area (Å²) in [7, 11) is -3.40. The Balaban J connectivity index is 3.04. The predicted octanol–water partition coefficient (Wildman–Crippen LogP) is 5.53. The van der Waals surface area contributed by atoms with Crippen molar-refractivity contribution in [2.45, 2.75) is 46.2 Å². The minimum Gasteiger partial charge on any atom is -0.397 e. The van der Waals surface area contributed by atoms with Crippen LogP contribution in [0.3, 0.4) is 0 Å². The molecule has 0 aliphatic rings. The first-order valence-electron chi connectivity index (χ1n) is 9.03. The number of nitrogens with two attached hydrogens (primary N) is 1. The van der Waals surface area contributed by atoms with Crippen LogP contribution in [-0.2, 0) is 19.8 Å². The van der Waals surface area contributed by atoms with Gasteiger partial charge >= 0.3 is 13.8 Å². The molecule has 1 aromatic carbocycles. The molecule has 6 nitrogen and oxygen atoms in total. The molecule has 0 saturated heterocycles. The van der Waals surface area contributed by atoms with Crippen molar-refractivity contribution in [2.75, 3.05) is 42.4 Å². The molecule has 1 rings (SSSR count). The number of anilines is 3. The lowest BCUT2D eigenvalue weighted by atomic mass is 10.1. The molecule has 10 heteroatoms. The van der Waals surface area contributed by atoms with Crippen molar-refractivity contribution in [2.24, 2.45) is 0 Å². The highest BCUT2D eigenvalue weighted by Gasteiger charge is 2.34. The molecule has 0 atom stereocenters. The third kappa shape index (κ3) is 7.60. The van der Waals surface area contributed by atoms with Gasteiger partial charge in [-0.05, 0) is 32.4 Å². The van der Waals surface area contributed by atoms with Crippen molar-refractivity contribution in [3.05, 3.63) is 17.7 Å². The molecule has 0 aliphatic heterocycles. The van der Waals surface area contributed by atoms with Crippen molar-refractivity contribution in [1.29, 1.82) is 0 Å². The average Bonchev–Trinajstić information content (AvgIpc) is 2.58. The molecule has 0 radical (unpaired) electrons. The van der Waals surface area contributed by atoms with Gasteiger partial charge in [-0.3, -0.25) is 4.57 Å². The molecule has 0 aromatic heterocycles. The number of unbranched alkanes of at least 4 members (excludes halogenated alkanes) is 2. The highest BCUT2D eigenvalue weighted by atomic mass is 31.2. The Labute approximate surface area is 158 Å². The van der Waals surface area contributed by atoms with E-state index in [-0.39, 0.29) is 36.6 Å². The molecule has 0 heterocycles. The number of nitrogens with one attached hydrogen (secondary N) is 2. The Morgan fingerprint density at radius 3 is 2.19 bits per heavy atom. The van der Waals surface area contributed by atoms with E-state index in [1.54, 1.807) is 13.8 Å². The van der Waals surface area contributed by atoms with Crippen LogP contribution in [-0.4, -0.2) is 26.0 Å². The van der Waals surface area contributed by atoms with Crippen molar-refractivity contribution in [3.8, 4) is 0 Å². The van der Waals surface area contributed by atoms with Crippen LogP contribution in [0.2, 0.25) is 0 Å². The molecule has 0 unspecified atom stereocenters. The summed E-state index contributed by atoms with van der Waals surface area (Å²) in [5, 5.41) is 5.62. The van der Waals surface area contributed by atoms with Crippen molar-refractivity contribution >= 4 is 24.7 Å².